The Morgan fingerprint density at radius 2 is 1.88 bits per heavy atom. The average Bonchev–Trinajstić information content (AvgIpc) is 2.89. The summed E-state index contributed by atoms with van der Waals surface area (Å²) in [5.74, 6) is -0.0670. The number of fused-ring (bicyclic) bond motifs is 1. The van der Waals surface area contributed by atoms with Crippen molar-refractivity contribution in [3.63, 3.8) is 0 Å². The topological polar surface area (TPSA) is 29.1 Å². The maximum atomic E-state index is 13.3. The van der Waals surface area contributed by atoms with E-state index in [0.29, 0.717) is 11.8 Å². The summed E-state index contributed by atoms with van der Waals surface area (Å²) in [6.45, 7) is 0. The number of rotatable bonds is 2. The predicted molar refractivity (Wildman–Crippen MR) is 59.3 cm³/mol. The number of anilines is 1. The van der Waals surface area contributed by atoms with Gasteiger partial charge in [-0.3, -0.25) is 4.79 Å². The van der Waals surface area contributed by atoms with E-state index in [1.807, 2.05) is 0 Å². The number of benzene rings is 1. The van der Waals surface area contributed by atoms with E-state index < -0.39 is 11.6 Å². The first-order chi connectivity index (χ1) is 8.13. The molecule has 0 spiro atoms. The minimum atomic E-state index is -0.721. The summed E-state index contributed by atoms with van der Waals surface area (Å²) in [5, 5.41) is 2.54. The first-order valence-electron chi connectivity index (χ1n) is 5.89. The molecule has 1 aromatic carbocycles. The number of carbonyl (C=O) groups is 1. The van der Waals surface area contributed by atoms with Crippen LogP contribution < -0.4 is 5.32 Å². The molecule has 2 atom stereocenters. The normalized spacial score (nSPS) is 29.9. The van der Waals surface area contributed by atoms with Gasteiger partial charge in [0.25, 0.3) is 0 Å². The van der Waals surface area contributed by atoms with E-state index in [9.17, 15) is 13.6 Å². The van der Waals surface area contributed by atoms with Crippen LogP contribution in [0.1, 0.15) is 19.3 Å². The molecule has 2 nitrogen and oxygen atoms in total. The van der Waals surface area contributed by atoms with Gasteiger partial charge in [-0.05, 0) is 43.2 Å². The third-order valence-corrected chi connectivity index (χ3v) is 3.80. The van der Waals surface area contributed by atoms with Gasteiger partial charge in [0.15, 0.2) is 0 Å². The van der Waals surface area contributed by atoms with Gasteiger partial charge < -0.3 is 5.32 Å². The zero-order valence-corrected chi connectivity index (χ0v) is 9.25. The molecular weight excluding hydrogens is 224 g/mol. The van der Waals surface area contributed by atoms with E-state index in [1.54, 1.807) is 0 Å². The second-order valence-electron chi connectivity index (χ2n) is 5.04. The summed E-state index contributed by atoms with van der Waals surface area (Å²) in [6.07, 6.45) is 3.08. The van der Waals surface area contributed by atoms with E-state index in [-0.39, 0.29) is 17.5 Å². The van der Waals surface area contributed by atoms with Gasteiger partial charge in [0, 0.05) is 12.0 Å². The van der Waals surface area contributed by atoms with Crippen molar-refractivity contribution < 1.29 is 13.6 Å². The Morgan fingerprint density at radius 1 is 1.18 bits per heavy atom. The molecule has 0 bridgehead atoms. The zero-order valence-electron chi connectivity index (χ0n) is 9.25. The molecule has 1 aromatic rings. The summed E-state index contributed by atoms with van der Waals surface area (Å²) in [7, 11) is 0. The fourth-order valence-electron chi connectivity index (χ4n) is 2.75. The molecule has 4 heteroatoms. The van der Waals surface area contributed by atoms with Crippen LogP contribution in [0.15, 0.2) is 18.2 Å². The number of amides is 1. The van der Waals surface area contributed by atoms with Gasteiger partial charge in [-0.25, -0.2) is 8.78 Å². The zero-order chi connectivity index (χ0) is 12.0. The quantitative estimate of drug-likeness (QED) is 0.841. The Morgan fingerprint density at radius 3 is 2.53 bits per heavy atom. The molecule has 17 heavy (non-hydrogen) atoms. The third kappa shape index (κ3) is 2.04. The smallest absolute Gasteiger partial charge is 0.227 e. The summed E-state index contributed by atoms with van der Waals surface area (Å²) >= 11 is 0. The van der Waals surface area contributed by atoms with E-state index in [4.69, 9.17) is 0 Å². The van der Waals surface area contributed by atoms with Gasteiger partial charge in [-0.2, -0.15) is 0 Å². The van der Waals surface area contributed by atoms with Crippen molar-refractivity contribution in [1.82, 2.24) is 0 Å². The largest absolute Gasteiger partial charge is 0.323 e. The predicted octanol–water partition coefficient (Wildman–Crippen LogP) is 2.95. The lowest BCUT2D eigenvalue weighted by molar-refractivity contribution is -0.120. The minimum Gasteiger partial charge on any atom is -0.323 e. The average molecular weight is 237 g/mol. The molecule has 0 aliphatic heterocycles. The molecule has 2 aliphatic carbocycles. The first kappa shape index (κ1) is 10.7. The van der Waals surface area contributed by atoms with Crippen LogP contribution in [0.2, 0.25) is 0 Å². The Balaban J connectivity index is 1.67. The number of nitrogens with one attached hydrogen (secondary N) is 1. The molecule has 2 saturated carbocycles. The Labute approximate surface area is 98.0 Å². The summed E-state index contributed by atoms with van der Waals surface area (Å²) in [6, 6.07) is 3.19. The lowest BCUT2D eigenvalue weighted by Crippen LogP contribution is -2.22. The molecule has 0 heterocycles. The lowest BCUT2D eigenvalue weighted by atomic mass is 10.0. The fraction of sp³-hybridized carbons (Fsp3) is 0.462. The highest BCUT2D eigenvalue weighted by molar-refractivity contribution is 5.93. The van der Waals surface area contributed by atoms with Crippen LogP contribution in [0.5, 0.6) is 0 Å². The SMILES string of the molecule is O=C(Nc1ccc(F)cc1F)C1CC2CC2C1. The Hall–Kier alpha value is -1.45. The third-order valence-electron chi connectivity index (χ3n) is 3.80. The highest BCUT2D eigenvalue weighted by atomic mass is 19.1. The summed E-state index contributed by atoms with van der Waals surface area (Å²) in [4.78, 5) is 11.8. The van der Waals surface area contributed by atoms with Crippen molar-refractivity contribution in [1.29, 1.82) is 0 Å². The standard InChI is InChI=1S/C13H13F2NO/c14-10-1-2-12(11(15)6-10)16-13(17)9-4-7-3-8(7)5-9/h1-2,6-9H,3-5H2,(H,16,17). The van der Waals surface area contributed by atoms with Crippen molar-refractivity contribution in [2.75, 3.05) is 5.32 Å². The van der Waals surface area contributed by atoms with Gasteiger partial charge in [-0.1, -0.05) is 0 Å². The second kappa shape index (κ2) is 3.79. The lowest BCUT2D eigenvalue weighted by Gasteiger charge is -2.12. The summed E-state index contributed by atoms with van der Waals surface area (Å²) in [5.41, 5.74) is 0.0666. The number of hydrogen-bond donors (Lipinski definition) is 1. The van der Waals surface area contributed by atoms with Crippen LogP contribution in [0.4, 0.5) is 14.5 Å². The van der Waals surface area contributed by atoms with E-state index in [2.05, 4.69) is 5.32 Å². The van der Waals surface area contributed by atoms with Gasteiger partial charge >= 0.3 is 0 Å². The number of carbonyl (C=O) groups excluding carboxylic acids is 1. The molecule has 3 rings (SSSR count). The van der Waals surface area contributed by atoms with Crippen LogP contribution in [0.3, 0.4) is 0 Å². The molecule has 0 saturated heterocycles. The fourth-order valence-corrected chi connectivity index (χ4v) is 2.75. The van der Waals surface area contributed by atoms with Gasteiger partial charge in [-0.15, -0.1) is 0 Å². The van der Waals surface area contributed by atoms with Crippen LogP contribution >= 0.6 is 0 Å². The summed E-state index contributed by atoms with van der Waals surface area (Å²) < 4.78 is 26.0. The van der Waals surface area contributed by atoms with Gasteiger partial charge in [0.1, 0.15) is 11.6 Å². The molecule has 2 unspecified atom stereocenters. The molecule has 0 radical (unpaired) electrons. The van der Waals surface area contributed by atoms with Crippen molar-refractivity contribution in [3.8, 4) is 0 Å². The van der Waals surface area contributed by atoms with Crippen LogP contribution in [-0.2, 0) is 4.79 Å². The van der Waals surface area contributed by atoms with Gasteiger partial charge in [0.05, 0.1) is 5.69 Å². The van der Waals surface area contributed by atoms with E-state index >= 15 is 0 Å². The van der Waals surface area contributed by atoms with E-state index in [1.165, 1.54) is 12.5 Å². The maximum Gasteiger partial charge on any atom is 0.227 e. The second-order valence-corrected chi connectivity index (χ2v) is 5.04. The van der Waals surface area contributed by atoms with E-state index in [0.717, 1.165) is 25.0 Å². The van der Waals surface area contributed by atoms with Crippen molar-refractivity contribution in [2.24, 2.45) is 17.8 Å². The molecule has 2 fully saturated rings. The van der Waals surface area contributed by atoms with Crippen LogP contribution in [-0.4, -0.2) is 5.91 Å². The highest BCUT2D eigenvalue weighted by Gasteiger charge is 2.48. The van der Waals surface area contributed by atoms with Crippen LogP contribution in [0, 0.1) is 29.4 Å². The Kier molecular flexibility index (Phi) is 2.38. The van der Waals surface area contributed by atoms with Gasteiger partial charge in [0.2, 0.25) is 5.91 Å². The van der Waals surface area contributed by atoms with Crippen molar-refractivity contribution in [3.05, 3.63) is 29.8 Å². The first-order valence-corrected chi connectivity index (χ1v) is 5.89. The van der Waals surface area contributed by atoms with Crippen LogP contribution in [0.25, 0.3) is 0 Å². The molecule has 2 aliphatic rings. The molecule has 90 valence electrons. The molecular formula is C13H13F2NO. The highest BCUT2D eigenvalue weighted by Crippen LogP contribution is 2.54. The van der Waals surface area contributed by atoms with Crippen molar-refractivity contribution >= 4 is 11.6 Å². The monoisotopic (exact) mass is 237 g/mol. The molecule has 1 amide bonds. The maximum absolute atomic E-state index is 13.3. The molecule has 1 N–H and O–H groups in total. The number of hydrogen-bond acceptors (Lipinski definition) is 1. The van der Waals surface area contributed by atoms with Crippen molar-refractivity contribution in [2.45, 2.75) is 19.3 Å². The molecule has 0 aromatic heterocycles. The Bertz CT molecular complexity index is 464. The minimum absolute atomic E-state index is 0.00297. The number of halogens is 2.